The molecule has 8 nitrogen and oxygen atoms in total. The number of esters is 2. The van der Waals surface area contributed by atoms with E-state index in [0.29, 0.717) is 6.42 Å². The van der Waals surface area contributed by atoms with Gasteiger partial charge in [-0.05, 0) is 20.3 Å². The highest BCUT2D eigenvalue weighted by atomic mass is 32.2. The first-order chi connectivity index (χ1) is 11.7. The van der Waals surface area contributed by atoms with Crippen molar-refractivity contribution in [2.24, 2.45) is 5.41 Å². The lowest BCUT2D eigenvalue weighted by Crippen LogP contribution is -2.39. The van der Waals surface area contributed by atoms with E-state index in [0.717, 1.165) is 0 Å². The van der Waals surface area contributed by atoms with Crippen LogP contribution >= 0.6 is 0 Å². The average molecular weight is 408 g/mol. The van der Waals surface area contributed by atoms with E-state index in [9.17, 15) is 31.2 Å². The van der Waals surface area contributed by atoms with Crippen molar-refractivity contribution in [1.29, 1.82) is 0 Å². The zero-order valence-electron chi connectivity index (χ0n) is 14.7. The Labute approximate surface area is 149 Å². The van der Waals surface area contributed by atoms with Crippen LogP contribution in [0.1, 0.15) is 33.6 Å². The number of ether oxygens (including phenoxy) is 3. The van der Waals surface area contributed by atoms with Crippen LogP contribution in [-0.2, 0) is 33.9 Å². The summed E-state index contributed by atoms with van der Waals surface area (Å²) in [5.74, 6) is -3.56. The van der Waals surface area contributed by atoms with Gasteiger partial charge in [-0.25, -0.2) is 0 Å². The maximum atomic E-state index is 12.6. The Morgan fingerprint density at radius 3 is 2.15 bits per heavy atom. The summed E-state index contributed by atoms with van der Waals surface area (Å²) in [6.07, 6.45) is -8.12. The maximum Gasteiger partial charge on any atom is 0.426 e. The summed E-state index contributed by atoms with van der Waals surface area (Å²) in [6, 6.07) is 0. The molecule has 0 rings (SSSR count). The van der Waals surface area contributed by atoms with Crippen LogP contribution in [0, 0.1) is 5.41 Å². The Morgan fingerprint density at radius 2 is 1.69 bits per heavy atom. The number of carbonyl (C=O) groups excluding carboxylic acids is 2. The second-order valence-corrected chi connectivity index (χ2v) is 7.50. The summed E-state index contributed by atoms with van der Waals surface area (Å²) in [5.41, 5.74) is -0.649. The number of carbonyl (C=O) groups is 2. The molecule has 26 heavy (non-hydrogen) atoms. The summed E-state index contributed by atoms with van der Waals surface area (Å²) < 4.78 is 81.2. The maximum absolute atomic E-state index is 12.6. The molecule has 0 saturated heterocycles. The number of hydrogen-bond acceptors (Lipinski definition) is 7. The summed E-state index contributed by atoms with van der Waals surface area (Å²) in [6.45, 7) is 4.74. The van der Waals surface area contributed by atoms with E-state index in [1.54, 1.807) is 13.8 Å². The predicted molar refractivity (Wildman–Crippen MR) is 82.8 cm³/mol. The van der Waals surface area contributed by atoms with E-state index in [4.69, 9.17) is 14.0 Å². The van der Waals surface area contributed by atoms with Gasteiger partial charge in [0.2, 0.25) is 6.10 Å². The van der Waals surface area contributed by atoms with Crippen LogP contribution in [-0.4, -0.2) is 62.8 Å². The molecule has 154 valence electrons. The molecule has 0 aromatic rings. The van der Waals surface area contributed by atoms with Crippen molar-refractivity contribution in [2.45, 2.75) is 45.9 Å². The highest BCUT2D eigenvalue weighted by Crippen LogP contribution is 2.24. The molecule has 0 radical (unpaired) electrons. The Morgan fingerprint density at radius 1 is 1.12 bits per heavy atom. The first-order valence-electron chi connectivity index (χ1n) is 7.65. The first-order valence-corrected chi connectivity index (χ1v) is 9.26. The lowest BCUT2D eigenvalue weighted by atomic mass is 9.91. The fourth-order valence-corrected chi connectivity index (χ4v) is 2.03. The van der Waals surface area contributed by atoms with Crippen LogP contribution in [0.15, 0.2) is 0 Å². The molecule has 0 amide bonds. The molecule has 0 heterocycles. The van der Waals surface area contributed by atoms with Gasteiger partial charge in [-0.15, -0.1) is 0 Å². The second-order valence-electron chi connectivity index (χ2n) is 6.00. The molecule has 0 aromatic heterocycles. The van der Waals surface area contributed by atoms with Gasteiger partial charge in [0.05, 0.1) is 25.0 Å². The summed E-state index contributed by atoms with van der Waals surface area (Å²) in [4.78, 5) is 23.0. The fraction of sp³-hybridized carbons (Fsp3) is 0.857. The van der Waals surface area contributed by atoms with Gasteiger partial charge in [-0.1, -0.05) is 6.92 Å². The molecule has 0 aromatic carbocycles. The minimum absolute atomic E-state index is 0.0769. The fourth-order valence-electron chi connectivity index (χ4n) is 1.39. The lowest BCUT2D eigenvalue weighted by Gasteiger charge is -2.20. The molecule has 0 aliphatic heterocycles. The third-order valence-corrected chi connectivity index (χ3v) is 4.07. The molecule has 0 saturated carbocycles. The zero-order valence-corrected chi connectivity index (χ0v) is 15.5. The van der Waals surface area contributed by atoms with Crippen LogP contribution in [0.25, 0.3) is 0 Å². The largest absolute Gasteiger partial charge is 0.463 e. The summed E-state index contributed by atoms with van der Waals surface area (Å²) in [5, 5.41) is 0. The number of hydrogen-bond donors (Lipinski definition) is 1. The quantitative estimate of drug-likeness (QED) is 0.312. The van der Waals surface area contributed by atoms with Gasteiger partial charge in [-0.2, -0.15) is 21.6 Å². The highest BCUT2D eigenvalue weighted by Gasteiger charge is 2.45. The summed E-state index contributed by atoms with van der Waals surface area (Å²) in [7, 11) is -4.98. The molecule has 0 aliphatic carbocycles. The van der Waals surface area contributed by atoms with Crippen molar-refractivity contribution in [2.75, 3.05) is 25.6 Å². The van der Waals surface area contributed by atoms with Crippen molar-refractivity contribution in [3.63, 3.8) is 0 Å². The molecule has 1 atom stereocenters. The molecule has 0 fully saturated rings. The Balaban J connectivity index is 4.17. The van der Waals surface area contributed by atoms with Crippen molar-refractivity contribution in [3.8, 4) is 0 Å². The van der Waals surface area contributed by atoms with E-state index >= 15 is 0 Å². The van der Waals surface area contributed by atoms with E-state index in [2.05, 4.69) is 4.74 Å². The second kappa shape index (κ2) is 10.1. The molecule has 1 unspecified atom stereocenters. The summed E-state index contributed by atoms with van der Waals surface area (Å²) >= 11 is 0. The van der Waals surface area contributed by atoms with Gasteiger partial charge >= 0.3 is 18.1 Å². The first kappa shape index (κ1) is 24.6. The number of halogens is 3. The van der Waals surface area contributed by atoms with Gasteiger partial charge in [0.1, 0.15) is 12.4 Å². The standard InChI is InChI=1S/C14H23F3O8S/c1-4-13(2,3)12(19)24-8-7-23-6-5-11(18)25-10(14(15,16)17)9-26(20,21)22/h10H,4-9H2,1-3H3,(H,20,21,22). The van der Waals surface area contributed by atoms with E-state index in [1.165, 1.54) is 0 Å². The molecule has 1 N–H and O–H groups in total. The molecular formula is C14H23F3O8S. The van der Waals surface area contributed by atoms with Crippen LogP contribution < -0.4 is 0 Å². The number of alkyl halides is 3. The smallest absolute Gasteiger partial charge is 0.426 e. The monoisotopic (exact) mass is 408 g/mol. The Hall–Kier alpha value is -1.40. The Kier molecular flexibility index (Phi) is 9.53. The lowest BCUT2D eigenvalue weighted by molar-refractivity contribution is -0.215. The Bertz CT molecular complexity index is 571. The van der Waals surface area contributed by atoms with Crippen LogP contribution in [0.2, 0.25) is 0 Å². The molecule has 0 spiro atoms. The predicted octanol–water partition coefficient (Wildman–Crippen LogP) is 1.73. The minimum atomic E-state index is -5.15. The van der Waals surface area contributed by atoms with Crippen LogP contribution in [0.4, 0.5) is 13.2 Å². The average Bonchev–Trinajstić information content (AvgIpc) is 2.47. The van der Waals surface area contributed by atoms with E-state index in [-0.39, 0.29) is 19.8 Å². The van der Waals surface area contributed by atoms with Gasteiger partial charge < -0.3 is 14.2 Å². The third-order valence-electron chi connectivity index (χ3n) is 3.35. The van der Waals surface area contributed by atoms with Crippen LogP contribution in [0.5, 0.6) is 0 Å². The minimum Gasteiger partial charge on any atom is -0.463 e. The molecule has 0 aliphatic rings. The van der Waals surface area contributed by atoms with Gasteiger partial charge in [-0.3, -0.25) is 14.1 Å². The third kappa shape index (κ3) is 10.6. The van der Waals surface area contributed by atoms with Crippen LogP contribution in [0.3, 0.4) is 0 Å². The van der Waals surface area contributed by atoms with E-state index < -0.39 is 51.9 Å². The normalized spacial score (nSPS) is 14.0. The van der Waals surface area contributed by atoms with Crippen molar-refractivity contribution < 1.29 is 49.9 Å². The molecule has 12 heteroatoms. The zero-order chi connectivity index (χ0) is 20.6. The van der Waals surface area contributed by atoms with Gasteiger partial charge in [0, 0.05) is 0 Å². The van der Waals surface area contributed by atoms with Gasteiger partial charge in [0.25, 0.3) is 10.1 Å². The topological polar surface area (TPSA) is 116 Å². The molecule has 0 bridgehead atoms. The number of rotatable bonds is 11. The van der Waals surface area contributed by atoms with Crippen molar-refractivity contribution in [1.82, 2.24) is 0 Å². The van der Waals surface area contributed by atoms with E-state index in [1.807, 2.05) is 6.92 Å². The highest BCUT2D eigenvalue weighted by molar-refractivity contribution is 7.85. The SMILES string of the molecule is CCC(C)(C)C(=O)OCCOCCC(=O)OC(CS(=O)(=O)O)C(F)(F)F. The van der Waals surface area contributed by atoms with Crippen molar-refractivity contribution >= 4 is 22.1 Å². The van der Waals surface area contributed by atoms with Gasteiger partial charge in [0.15, 0.2) is 0 Å². The molecular weight excluding hydrogens is 385 g/mol. The van der Waals surface area contributed by atoms with Crippen molar-refractivity contribution in [3.05, 3.63) is 0 Å².